The van der Waals surface area contributed by atoms with Crippen LogP contribution in [0.25, 0.3) is 0 Å². The summed E-state index contributed by atoms with van der Waals surface area (Å²) in [4.78, 5) is 10.5. The van der Waals surface area contributed by atoms with E-state index in [-0.39, 0.29) is 24.4 Å². The van der Waals surface area contributed by atoms with Crippen molar-refractivity contribution in [1.82, 2.24) is 5.32 Å². The van der Waals surface area contributed by atoms with Crippen molar-refractivity contribution in [2.24, 2.45) is 5.73 Å². The molecule has 4 nitrogen and oxygen atoms in total. The highest BCUT2D eigenvalue weighted by Gasteiger charge is 2.12. The third-order valence-electron chi connectivity index (χ3n) is 2.44. The molecule has 1 amide bonds. The number of rotatable bonds is 7. The van der Waals surface area contributed by atoms with Crippen LogP contribution in [0.3, 0.4) is 0 Å². The fourth-order valence-corrected chi connectivity index (χ4v) is 1.51. The lowest BCUT2D eigenvalue weighted by molar-refractivity contribution is -0.118. The van der Waals surface area contributed by atoms with Crippen LogP contribution in [0.1, 0.15) is 24.5 Å². The van der Waals surface area contributed by atoms with E-state index in [0.29, 0.717) is 13.0 Å². The lowest BCUT2D eigenvalue weighted by atomic mass is 10.1. The first kappa shape index (κ1) is 14.5. The van der Waals surface area contributed by atoms with Crippen LogP contribution < -0.4 is 11.1 Å². The van der Waals surface area contributed by atoms with Crippen molar-refractivity contribution < 1.29 is 18.7 Å². The molecule has 18 heavy (non-hydrogen) atoms. The molecule has 0 heterocycles. The van der Waals surface area contributed by atoms with Crippen LogP contribution in [0.4, 0.5) is 8.78 Å². The number of amides is 1. The third-order valence-corrected chi connectivity index (χ3v) is 2.44. The van der Waals surface area contributed by atoms with Crippen molar-refractivity contribution in [1.29, 1.82) is 0 Å². The number of primary amides is 1. The van der Waals surface area contributed by atoms with E-state index in [2.05, 4.69) is 5.32 Å². The molecule has 0 aliphatic carbocycles. The Morgan fingerprint density at radius 3 is 2.78 bits per heavy atom. The Hall–Kier alpha value is -1.53. The second-order valence-electron chi connectivity index (χ2n) is 3.96. The monoisotopic (exact) mass is 258 g/mol. The average molecular weight is 258 g/mol. The van der Waals surface area contributed by atoms with Crippen LogP contribution in [-0.4, -0.2) is 24.1 Å². The van der Waals surface area contributed by atoms with Gasteiger partial charge in [0.1, 0.15) is 11.6 Å². The van der Waals surface area contributed by atoms with E-state index in [1.807, 2.05) is 0 Å². The number of carbonyl (C=O) groups is 1. The van der Waals surface area contributed by atoms with Crippen molar-refractivity contribution in [3.63, 3.8) is 0 Å². The van der Waals surface area contributed by atoms with Gasteiger partial charge in [0.05, 0.1) is 6.10 Å². The molecule has 1 rings (SSSR count). The number of aliphatic hydroxyl groups is 1. The van der Waals surface area contributed by atoms with Gasteiger partial charge in [-0.2, -0.15) is 0 Å². The summed E-state index contributed by atoms with van der Waals surface area (Å²) in [6.07, 6.45) is -0.249. The quantitative estimate of drug-likeness (QED) is 0.635. The Labute approximate surface area is 104 Å². The molecule has 0 fully saturated rings. The van der Waals surface area contributed by atoms with Crippen molar-refractivity contribution >= 4 is 5.91 Å². The van der Waals surface area contributed by atoms with Gasteiger partial charge in [0.15, 0.2) is 0 Å². The zero-order valence-electron chi connectivity index (χ0n) is 9.83. The molecule has 1 aromatic carbocycles. The fourth-order valence-electron chi connectivity index (χ4n) is 1.51. The Morgan fingerprint density at radius 1 is 1.44 bits per heavy atom. The van der Waals surface area contributed by atoms with Gasteiger partial charge < -0.3 is 16.2 Å². The van der Waals surface area contributed by atoms with Gasteiger partial charge in [-0.1, -0.05) is 6.07 Å². The fraction of sp³-hybridized carbons (Fsp3) is 0.417. The summed E-state index contributed by atoms with van der Waals surface area (Å²) in [6, 6.07) is 3.03. The second-order valence-corrected chi connectivity index (χ2v) is 3.96. The summed E-state index contributed by atoms with van der Waals surface area (Å²) in [5, 5.41) is 12.5. The first-order chi connectivity index (χ1) is 8.50. The lowest BCUT2D eigenvalue weighted by Crippen LogP contribution is -2.24. The van der Waals surface area contributed by atoms with Crippen LogP contribution in [0.15, 0.2) is 18.2 Å². The van der Waals surface area contributed by atoms with E-state index < -0.39 is 17.7 Å². The summed E-state index contributed by atoms with van der Waals surface area (Å²) < 4.78 is 26.0. The number of hydrogen-bond donors (Lipinski definition) is 3. The van der Waals surface area contributed by atoms with Crippen molar-refractivity contribution in [2.45, 2.75) is 18.9 Å². The molecule has 0 aliphatic heterocycles. The smallest absolute Gasteiger partial charge is 0.217 e. The summed E-state index contributed by atoms with van der Waals surface area (Å²) >= 11 is 0. The minimum atomic E-state index is -1.06. The first-order valence-corrected chi connectivity index (χ1v) is 5.62. The number of aliphatic hydroxyl groups excluding tert-OH is 1. The van der Waals surface area contributed by atoms with Crippen LogP contribution in [0, 0.1) is 11.6 Å². The molecule has 0 saturated carbocycles. The van der Waals surface area contributed by atoms with Gasteiger partial charge in [0.2, 0.25) is 5.91 Å². The minimum Gasteiger partial charge on any atom is -0.387 e. The highest BCUT2D eigenvalue weighted by atomic mass is 19.1. The van der Waals surface area contributed by atoms with Crippen molar-refractivity contribution in [3.8, 4) is 0 Å². The molecule has 0 bridgehead atoms. The van der Waals surface area contributed by atoms with Gasteiger partial charge in [-0.15, -0.1) is 0 Å². The van der Waals surface area contributed by atoms with Gasteiger partial charge in [-0.3, -0.25) is 4.79 Å². The van der Waals surface area contributed by atoms with E-state index in [9.17, 15) is 18.7 Å². The predicted molar refractivity (Wildman–Crippen MR) is 62.6 cm³/mol. The molecule has 0 saturated heterocycles. The Balaban J connectivity index is 2.36. The SMILES string of the molecule is NC(=O)CCCNCC(O)c1ccc(F)cc1F. The van der Waals surface area contributed by atoms with Gasteiger partial charge in [0.25, 0.3) is 0 Å². The van der Waals surface area contributed by atoms with E-state index >= 15 is 0 Å². The molecule has 0 radical (unpaired) electrons. The van der Waals surface area contributed by atoms with Gasteiger partial charge in [0, 0.05) is 24.6 Å². The summed E-state index contributed by atoms with van der Waals surface area (Å²) in [6.45, 7) is 0.615. The number of nitrogens with one attached hydrogen (secondary N) is 1. The van der Waals surface area contributed by atoms with Crippen LogP contribution in [-0.2, 0) is 4.79 Å². The third kappa shape index (κ3) is 4.77. The molecular weight excluding hydrogens is 242 g/mol. The van der Waals surface area contributed by atoms with Crippen LogP contribution in [0.2, 0.25) is 0 Å². The van der Waals surface area contributed by atoms with Crippen LogP contribution >= 0.6 is 0 Å². The summed E-state index contributed by atoms with van der Waals surface area (Å²) in [5.74, 6) is -1.85. The standard InChI is InChI=1S/C12H16F2N2O2/c13-8-3-4-9(10(14)6-8)11(17)7-16-5-1-2-12(15)18/h3-4,6,11,16-17H,1-2,5,7H2,(H2,15,18). The maximum Gasteiger partial charge on any atom is 0.217 e. The number of carbonyl (C=O) groups excluding carboxylic acids is 1. The Kier molecular flexibility index (Phi) is 5.67. The molecule has 0 aliphatic rings. The number of benzene rings is 1. The normalized spacial score (nSPS) is 12.4. The topological polar surface area (TPSA) is 75.4 Å². The Bertz CT molecular complexity index is 413. The predicted octanol–water partition coefficient (Wildman–Crippen LogP) is 0.853. The van der Waals surface area contributed by atoms with Crippen LogP contribution in [0.5, 0.6) is 0 Å². The molecule has 1 unspecified atom stereocenters. The average Bonchev–Trinajstić information content (AvgIpc) is 2.27. The van der Waals surface area contributed by atoms with Crippen molar-refractivity contribution in [2.75, 3.05) is 13.1 Å². The highest BCUT2D eigenvalue weighted by Crippen LogP contribution is 2.17. The number of nitrogens with two attached hydrogens (primary N) is 1. The van der Waals surface area contributed by atoms with Gasteiger partial charge in [-0.05, 0) is 19.0 Å². The maximum absolute atomic E-state index is 13.3. The summed E-state index contributed by atoms with van der Waals surface area (Å²) in [5.41, 5.74) is 5.00. The molecular formula is C12H16F2N2O2. The number of halogens is 2. The summed E-state index contributed by atoms with van der Waals surface area (Å²) in [7, 11) is 0. The molecule has 1 atom stereocenters. The molecule has 1 aromatic rings. The van der Waals surface area contributed by atoms with Gasteiger partial charge in [-0.25, -0.2) is 8.78 Å². The first-order valence-electron chi connectivity index (χ1n) is 5.62. The van der Waals surface area contributed by atoms with E-state index in [1.165, 1.54) is 6.07 Å². The second kappa shape index (κ2) is 7.03. The molecule has 4 N–H and O–H groups in total. The van der Waals surface area contributed by atoms with E-state index in [0.717, 1.165) is 12.1 Å². The highest BCUT2D eigenvalue weighted by molar-refractivity contribution is 5.73. The largest absolute Gasteiger partial charge is 0.387 e. The molecule has 6 heteroatoms. The lowest BCUT2D eigenvalue weighted by Gasteiger charge is -2.12. The Morgan fingerprint density at radius 2 is 2.17 bits per heavy atom. The zero-order chi connectivity index (χ0) is 13.5. The van der Waals surface area contributed by atoms with Crippen molar-refractivity contribution in [3.05, 3.63) is 35.4 Å². The zero-order valence-corrected chi connectivity index (χ0v) is 9.83. The number of hydrogen-bond acceptors (Lipinski definition) is 3. The molecule has 100 valence electrons. The van der Waals surface area contributed by atoms with E-state index in [4.69, 9.17) is 5.73 Å². The van der Waals surface area contributed by atoms with E-state index in [1.54, 1.807) is 0 Å². The van der Waals surface area contributed by atoms with Gasteiger partial charge >= 0.3 is 0 Å². The molecule has 0 aromatic heterocycles. The minimum absolute atomic E-state index is 0.0406. The maximum atomic E-state index is 13.3. The molecule has 0 spiro atoms.